The molecule has 31 heavy (non-hydrogen) atoms. The standard InChI is InChI=1S/C22H33ClN8/c1-17-26-21-8-7-19(16-31(21)28-17)27-22(24-2)25-9-4-10-29-11-13-30(14-12-29)20-6-3-5-18(23)15-20/h3,5-6,15,19H,4,7-14,16H2,1-2H3,(H2,24,25,27). The molecule has 1 unspecified atom stereocenters. The van der Waals surface area contributed by atoms with Gasteiger partial charge in [0.05, 0.1) is 6.54 Å². The molecule has 4 rings (SSSR count). The van der Waals surface area contributed by atoms with Crippen LogP contribution < -0.4 is 15.5 Å². The lowest BCUT2D eigenvalue weighted by atomic mass is 10.1. The summed E-state index contributed by atoms with van der Waals surface area (Å²) in [4.78, 5) is 13.8. The third kappa shape index (κ3) is 5.89. The van der Waals surface area contributed by atoms with E-state index in [4.69, 9.17) is 11.6 Å². The fraction of sp³-hybridized carbons (Fsp3) is 0.591. The van der Waals surface area contributed by atoms with Crippen molar-refractivity contribution in [1.82, 2.24) is 30.3 Å². The van der Waals surface area contributed by atoms with Gasteiger partial charge in [0, 0.05) is 62.9 Å². The van der Waals surface area contributed by atoms with E-state index in [-0.39, 0.29) is 0 Å². The zero-order valence-electron chi connectivity index (χ0n) is 18.5. The first kappa shape index (κ1) is 21.9. The van der Waals surface area contributed by atoms with Crippen molar-refractivity contribution in [2.45, 2.75) is 38.8 Å². The molecule has 0 radical (unpaired) electrons. The van der Waals surface area contributed by atoms with Gasteiger partial charge in [-0.15, -0.1) is 0 Å². The minimum Gasteiger partial charge on any atom is -0.369 e. The van der Waals surface area contributed by atoms with E-state index >= 15 is 0 Å². The van der Waals surface area contributed by atoms with E-state index in [0.29, 0.717) is 6.04 Å². The minimum absolute atomic E-state index is 0.333. The van der Waals surface area contributed by atoms with Gasteiger partial charge in [-0.25, -0.2) is 9.67 Å². The van der Waals surface area contributed by atoms with Gasteiger partial charge in [0.15, 0.2) is 5.96 Å². The molecular formula is C22H33ClN8. The minimum atomic E-state index is 0.333. The maximum atomic E-state index is 6.13. The van der Waals surface area contributed by atoms with Crippen molar-refractivity contribution in [3.63, 3.8) is 0 Å². The highest BCUT2D eigenvalue weighted by Gasteiger charge is 2.21. The van der Waals surface area contributed by atoms with Crippen molar-refractivity contribution in [3.05, 3.63) is 40.9 Å². The zero-order valence-corrected chi connectivity index (χ0v) is 19.3. The molecule has 0 bridgehead atoms. The van der Waals surface area contributed by atoms with E-state index < -0.39 is 0 Å². The van der Waals surface area contributed by atoms with Gasteiger partial charge < -0.3 is 15.5 Å². The second kappa shape index (κ2) is 10.3. The predicted molar refractivity (Wildman–Crippen MR) is 126 cm³/mol. The average Bonchev–Trinajstić information content (AvgIpc) is 3.15. The van der Waals surface area contributed by atoms with E-state index in [2.05, 4.69) is 47.6 Å². The molecular weight excluding hydrogens is 412 g/mol. The van der Waals surface area contributed by atoms with Crippen LogP contribution in [0.5, 0.6) is 0 Å². The second-order valence-electron chi connectivity index (χ2n) is 8.30. The first-order valence-corrected chi connectivity index (χ1v) is 11.6. The predicted octanol–water partition coefficient (Wildman–Crippen LogP) is 1.93. The number of fused-ring (bicyclic) bond motifs is 1. The Morgan fingerprint density at radius 3 is 2.87 bits per heavy atom. The Hall–Kier alpha value is -2.32. The number of piperazine rings is 1. The number of nitrogens with zero attached hydrogens (tertiary/aromatic N) is 6. The highest BCUT2D eigenvalue weighted by atomic mass is 35.5. The molecule has 8 nitrogen and oxygen atoms in total. The lowest BCUT2D eigenvalue weighted by Crippen LogP contribution is -2.48. The monoisotopic (exact) mass is 444 g/mol. The SMILES string of the molecule is CN=C(NCCCN1CCN(c2cccc(Cl)c2)CC1)NC1CCc2nc(C)nn2C1. The van der Waals surface area contributed by atoms with E-state index in [1.165, 1.54) is 5.69 Å². The summed E-state index contributed by atoms with van der Waals surface area (Å²) >= 11 is 6.13. The quantitative estimate of drug-likeness (QED) is 0.403. The van der Waals surface area contributed by atoms with Gasteiger partial charge in [-0.05, 0) is 44.5 Å². The van der Waals surface area contributed by atoms with Crippen molar-refractivity contribution < 1.29 is 0 Å². The highest BCUT2D eigenvalue weighted by Crippen LogP contribution is 2.20. The average molecular weight is 445 g/mol. The summed E-state index contributed by atoms with van der Waals surface area (Å²) < 4.78 is 2.02. The van der Waals surface area contributed by atoms with Crippen LogP contribution in [0.15, 0.2) is 29.3 Å². The number of aliphatic imine (C=N–C) groups is 1. The molecule has 168 valence electrons. The van der Waals surface area contributed by atoms with Crippen LogP contribution in [0.4, 0.5) is 5.69 Å². The van der Waals surface area contributed by atoms with Gasteiger partial charge >= 0.3 is 0 Å². The maximum absolute atomic E-state index is 6.13. The van der Waals surface area contributed by atoms with Crippen molar-refractivity contribution >= 4 is 23.2 Å². The number of guanidine groups is 1. The zero-order chi connectivity index (χ0) is 21.6. The van der Waals surface area contributed by atoms with Crippen LogP contribution in [-0.2, 0) is 13.0 Å². The first-order chi connectivity index (χ1) is 15.1. The number of hydrogen-bond donors (Lipinski definition) is 2. The van der Waals surface area contributed by atoms with Gasteiger partial charge in [0.1, 0.15) is 11.6 Å². The maximum Gasteiger partial charge on any atom is 0.191 e. The Bertz CT molecular complexity index is 887. The molecule has 2 aliphatic heterocycles. The van der Waals surface area contributed by atoms with Crippen LogP contribution in [0.2, 0.25) is 5.02 Å². The number of anilines is 1. The van der Waals surface area contributed by atoms with Crippen molar-refractivity contribution in [2.24, 2.45) is 4.99 Å². The van der Waals surface area contributed by atoms with Crippen LogP contribution in [0, 0.1) is 6.92 Å². The van der Waals surface area contributed by atoms with Crippen LogP contribution in [-0.4, -0.2) is 78.0 Å². The van der Waals surface area contributed by atoms with Crippen LogP contribution in [0.3, 0.4) is 0 Å². The van der Waals surface area contributed by atoms with Gasteiger partial charge in [-0.2, -0.15) is 5.10 Å². The first-order valence-electron chi connectivity index (χ1n) is 11.2. The van der Waals surface area contributed by atoms with Gasteiger partial charge in [-0.3, -0.25) is 9.89 Å². The topological polar surface area (TPSA) is 73.6 Å². The van der Waals surface area contributed by atoms with Crippen LogP contribution in [0.1, 0.15) is 24.5 Å². The van der Waals surface area contributed by atoms with E-state index in [1.54, 1.807) is 0 Å². The highest BCUT2D eigenvalue weighted by molar-refractivity contribution is 6.30. The number of benzene rings is 1. The molecule has 2 N–H and O–H groups in total. The van der Waals surface area contributed by atoms with Crippen LogP contribution >= 0.6 is 11.6 Å². The summed E-state index contributed by atoms with van der Waals surface area (Å²) in [5.74, 6) is 2.82. The molecule has 0 spiro atoms. The van der Waals surface area contributed by atoms with E-state index in [1.807, 2.05) is 30.8 Å². The van der Waals surface area contributed by atoms with Crippen molar-refractivity contribution in [2.75, 3.05) is 51.2 Å². The molecule has 1 saturated heterocycles. The smallest absolute Gasteiger partial charge is 0.191 e. The largest absolute Gasteiger partial charge is 0.369 e. The summed E-state index contributed by atoms with van der Waals surface area (Å²) in [7, 11) is 1.83. The van der Waals surface area contributed by atoms with Gasteiger partial charge in [0.2, 0.25) is 0 Å². The lowest BCUT2D eigenvalue weighted by molar-refractivity contribution is 0.255. The Balaban J connectivity index is 1.14. The molecule has 3 heterocycles. The number of aryl methyl sites for hydroxylation is 2. The van der Waals surface area contributed by atoms with Crippen LogP contribution in [0.25, 0.3) is 0 Å². The fourth-order valence-electron chi connectivity index (χ4n) is 4.35. The van der Waals surface area contributed by atoms with Crippen molar-refractivity contribution in [3.8, 4) is 0 Å². The summed E-state index contributed by atoms with van der Waals surface area (Å²) in [6, 6.07) is 8.48. The van der Waals surface area contributed by atoms with Gasteiger partial charge in [-0.1, -0.05) is 17.7 Å². The molecule has 9 heteroatoms. The molecule has 1 aromatic heterocycles. The van der Waals surface area contributed by atoms with Crippen molar-refractivity contribution in [1.29, 1.82) is 0 Å². The summed E-state index contributed by atoms with van der Waals surface area (Å²) in [5.41, 5.74) is 1.22. The molecule has 0 amide bonds. The molecule has 0 aliphatic carbocycles. The summed E-state index contributed by atoms with van der Waals surface area (Å²) in [6.07, 6.45) is 3.10. The summed E-state index contributed by atoms with van der Waals surface area (Å²) in [5, 5.41) is 12.3. The Morgan fingerprint density at radius 2 is 2.10 bits per heavy atom. The lowest BCUT2D eigenvalue weighted by Gasteiger charge is -2.36. The number of nitrogens with one attached hydrogen (secondary N) is 2. The number of hydrogen-bond acceptors (Lipinski definition) is 5. The Kier molecular flexibility index (Phi) is 7.29. The number of halogens is 1. The molecule has 2 aliphatic rings. The molecule has 0 saturated carbocycles. The molecule has 1 aromatic carbocycles. The molecule has 1 atom stereocenters. The molecule has 1 fully saturated rings. The summed E-state index contributed by atoms with van der Waals surface area (Å²) in [6.45, 7) is 9.05. The number of aromatic nitrogens is 3. The molecule has 2 aromatic rings. The Morgan fingerprint density at radius 1 is 1.26 bits per heavy atom. The third-order valence-electron chi connectivity index (χ3n) is 6.02. The second-order valence-corrected chi connectivity index (χ2v) is 8.73. The van der Waals surface area contributed by atoms with E-state index in [0.717, 1.165) is 87.7 Å². The normalized spacial score (nSPS) is 19.9. The Labute approximate surface area is 189 Å². The number of rotatable bonds is 6. The fourth-order valence-corrected chi connectivity index (χ4v) is 4.54. The van der Waals surface area contributed by atoms with Gasteiger partial charge in [0.25, 0.3) is 0 Å². The van der Waals surface area contributed by atoms with E-state index in [9.17, 15) is 0 Å². The third-order valence-corrected chi connectivity index (χ3v) is 6.25.